The van der Waals surface area contributed by atoms with Gasteiger partial charge in [-0.15, -0.1) is 0 Å². The van der Waals surface area contributed by atoms with Gasteiger partial charge in [-0.25, -0.2) is 0 Å². The molecule has 0 aliphatic heterocycles. The maximum Gasteiger partial charge on any atom is 0.311 e. The summed E-state index contributed by atoms with van der Waals surface area (Å²) in [5.74, 6) is -3.31. The van der Waals surface area contributed by atoms with Gasteiger partial charge in [0.05, 0.1) is 12.0 Å². The van der Waals surface area contributed by atoms with Gasteiger partial charge in [0.1, 0.15) is 0 Å². The zero-order valence-corrected chi connectivity index (χ0v) is 16.7. The van der Waals surface area contributed by atoms with Crippen LogP contribution in [0.2, 0.25) is 0 Å². The lowest BCUT2D eigenvalue weighted by Gasteiger charge is -2.48. The van der Waals surface area contributed by atoms with Crippen molar-refractivity contribution in [3.05, 3.63) is 69.3 Å². The van der Waals surface area contributed by atoms with E-state index in [0.717, 1.165) is 11.1 Å². The number of rotatable bonds is 6. The van der Waals surface area contributed by atoms with Crippen LogP contribution in [0.5, 0.6) is 5.75 Å². The van der Waals surface area contributed by atoms with E-state index in [9.17, 15) is 15.2 Å². The summed E-state index contributed by atoms with van der Waals surface area (Å²) in [7, 11) is 5.58. The Morgan fingerprint density at radius 1 is 1.07 bits per heavy atom. The molecule has 0 radical (unpaired) electrons. The number of aliphatic hydroxyl groups is 1. The molecule has 29 heavy (non-hydrogen) atoms. The minimum atomic E-state index is -1.96. The number of methoxy groups -OCH3 is 4. The van der Waals surface area contributed by atoms with Crippen molar-refractivity contribution in [2.24, 2.45) is 0 Å². The van der Waals surface area contributed by atoms with Crippen LogP contribution in [0.15, 0.2) is 42.5 Å². The second-order valence-corrected chi connectivity index (χ2v) is 6.59. The quantitative estimate of drug-likeness (QED) is 0.451. The summed E-state index contributed by atoms with van der Waals surface area (Å²) in [5, 5.41) is 22.9. The molecule has 154 valence electrons. The molecule has 0 fully saturated rings. The number of nitro groups is 1. The number of hydrogen-bond acceptors (Lipinski definition) is 7. The van der Waals surface area contributed by atoms with Crippen molar-refractivity contribution in [2.75, 3.05) is 28.4 Å². The largest absolute Gasteiger partial charge is 0.490 e. The molecule has 2 aromatic carbocycles. The van der Waals surface area contributed by atoms with E-state index in [4.69, 9.17) is 18.9 Å². The average molecular weight is 401 g/mol. The van der Waals surface area contributed by atoms with Crippen LogP contribution < -0.4 is 4.74 Å². The summed E-state index contributed by atoms with van der Waals surface area (Å²) >= 11 is 0. The zero-order valence-electron chi connectivity index (χ0n) is 16.7. The molecule has 0 bridgehead atoms. The number of hydrogen-bond donors (Lipinski definition) is 1. The minimum Gasteiger partial charge on any atom is -0.490 e. The molecule has 8 heteroatoms. The third-order valence-corrected chi connectivity index (χ3v) is 5.28. The van der Waals surface area contributed by atoms with Crippen LogP contribution >= 0.6 is 0 Å². The van der Waals surface area contributed by atoms with Crippen molar-refractivity contribution in [3.8, 4) is 5.75 Å². The van der Waals surface area contributed by atoms with Crippen LogP contribution in [-0.4, -0.2) is 50.0 Å². The van der Waals surface area contributed by atoms with Gasteiger partial charge in [0.25, 0.3) is 0 Å². The topological polar surface area (TPSA) is 100 Å². The van der Waals surface area contributed by atoms with E-state index in [2.05, 4.69) is 0 Å². The summed E-state index contributed by atoms with van der Waals surface area (Å²) < 4.78 is 21.8. The van der Waals surface area contributed by atoms with Gasteiger partial charge in [0.2, 0.25) is 11.6 Å². The molecule has 2 aromatic rings. The summed E-state index contributed by atoms with van der Waals surface area (Å²) in [5.41, 5.74) is 2.29. The number of nitro benzene ring substituents is 1. The highest BCUT2D eigenvalue weighted by atomic mass is 16.8. The van der Waals surface area contributed by atoms with Crippen molar-refractivity contribution in [3.63, 3.8) is 0 Å². The van der Waals surface area contributed by atoms with Gasteiger partial charge in [0, 0.05) is 39.4 Å². The first-order valence-electron chi connectivity index (χ1n) is 8.86. The summed E-state index contributed by atoms with van der Waals surface area (Å²) in [4.78, 5) is 10.9. The van der Waals surface area contributed by atoms with Crippen LogP contribution in [0, 0.1) is 10.1 Å². The van der Waals surface area contributed by atoms with Crippen molar-refractivity contribution in [1.82, 2.24) is 0 Å². The Kier molecular flexibility index (Phi) is 5.72. The number of fused-ring (bicyclic) bond motifs is 1. The van der Waals surface area contributed by atoms with Crippen molar-refractivity contribution in [1.29, 1.82) is 0 Å². The Morgan fingerprint density at radius 2 is 1.76 bits per heavy atom. The Morgan fingerprint density at radius 3 is 2.34 bits per heavy atom. The van der Waals surface area contributed by atoms with Gasteiger partial charge in [-0.2, -0.15) is 0 Å². The van der Waals surface area contributed by atoms with Gasteiger partial charge in [-0.3, -0.25) is 10.1 Å². The standard InChI is InChI=1S/C21H23NO7/c1-26-19-10-9-14(12-18(19)22(24)25)11-17-16-8-6-5-7-15(16)13-20(27-2,28-3)21(17,23)29-4/h5-12,23H,13H2,1-4H3/b17-11+/t21-/m0/s1. The lowest BCUT2D eigenvalue weighted by molar-refractivity contribution is -0.385. The summed E-state index contributed by atoms with van der Waals surface area (Å²) in [6, 6.07) is 12.0. The van der Waals surface area contributed by atoms with Crippen molar-refractivity contribution in [2.45, 2.75) is 18.0 Å². The van der Waals surface area contributed by atoms with Crippen molar-refractivity contribution >= 4 is 17.3 Å². The third-order valence-electron chi connectivity index (χ3n) is 5.28. The molecule has 0 aromatic heterocycles. The van der Waals surface area contributed by atoms with Gasteiger partial charge in [0.15, 0.2) is 5.75 Å². The molecule has 0 amide bonds. The Balaban J connectivity index is 2.27. The van der Waals surface area contributed by atoms with E-state index in [1.54, 1.807) is 12.1 Å². The molecule has 1 aliphatic carbocycles. The third kappa shape index (κ3) is 3.30. The van der Waals surface area contributed by atoms with Gasteiger partial charge >= 0.3 is 5.69 Å². The molecular formula is C21H23NO7. The maximum atomic E-state index is 11.5. The lowest BCUT2D eigenvalue weighted by Crippen LogP contribution is -2.62. The van der Waals surface area contributed by atoms with E-state index in [-0.39, 0.29) is 17.9 Å². The van der Waals surface area contributed by atoms with Crippen LogP contribution in [0.4, 0.5) is 5.69 Å². The second kappa shape index (κ2) is 7.92. The molecule has 3 rings (SSSR count). The van der Waals surface area contributed by atoms with Gasteiger partial charge in [-0.1, -0.05) is 30.3 Å². The minimum absolute atomic E-state index is 0.145. The van der Waals surface area contributed by atoms with Crippen LogP contribution in [0.3, 0.4) is 0 Å². The van der Waals surface area contributed by atoms with Crippen molar-refractivity contribution < 1.29 is 29.0 Å². The van der Waals surface area contributed by atoms with E-state index in [0.29, 0.717) is 11.1 Å². The SMILES string of the molecule is COc1ccc(/C=C2\c3ccccc3CC(OC)(OC)[C@@]2(O)OC)cc1[N+](=O)[O-]. The first kappa shape index (κ1) is 20.9. The van der Waals surface area contributed by atoms with E-state index >= 15 is 0 Å². The molecule has 0 heterocycles. The second-order valence-electron chi connectivity index (χ2n) is 6.59. The Labute approximate surface area is 168 Å². The fraction of sp³-hybridized carbons (Fsp3) is 0.333. The molecule has 0 unspecified atom stereocenters. The molecule has 0 saturated heterocycles. The summed E-state index contributed by atoms with van der Waals surface area (Å²) in [6.07, 6.45) is 1.88. The molecule has 8 nitrogen and oxygen atoms in total. The molecule has 0 saturated carbocycles. The fourth-order valence-corrected chi connectivity index (χ4v) is 3.75. The maximum absolute atomic E-state index is 11.5. The first-order chi connectivity index (χ1) is 13.9. The molecule has 1 N–H and O–H groups in total. The molecule has 0 spiro atoms. The monoisotopic (exact) mass is 401 g/mol. The average Bonchev–Trinajstić information content (AvgIpc) is 2.75. The van der Waals surface area contributed by atoms with Crippen LogP contribution in [0.1, 0.15) is 16.7 Å². The summed E-state index contributed by atoms with van der Waals surface area (Å²) in [6.45, 7) is 0. The Hall–Kier alpha value is -2.78. The number of benzene rings is 2. The van der Waals surface area contributed by atoms with Gasteiger partial charge in [-0.05, 0) is 28.8 Å². The number of nitrogens with zero attached hydrogens (tertiary/aromatic N) is 1. The highest BCUT2D eigenvalue weighted by Crippen LogP contribution is 2.48. The number of ether oxygens (including phenoxy) is 4. The lowest BCUT2D eigenvalue weighted by atomic mass is 9.77. The Bertz CT molecular complexity index is 952. The first-order valence-corrected chi connectivity index (χ1v) is 8.86. The normalized spacial score (nSPS) is 21.6. The van der Waals surface area contributed by atoms with Gasteiger partial charge < -0.3 is 24.1 Å². The van der Waals surface area contributed by atoms with E-state index in [1.165, 1.54) is 40.6 Å². The fourth-order valence-electron chi connectivity index (χ4n) is 3.75. The van der Waals surface area contributed by atoms with Crippen LogP contribution in [0.25, 0.3) is 11.6 Å². The smallest absolute Gasteiger partial charge is 0.311 e. The van der Waals surface area contributed by atoms with Crippen LogP contribution in [-0.2, 0) is 20.6 Å². The predicted molar refractivity (Wildman–Crippen MR) is 106 cm³/mol. The van der Waals surface area contributed by atoms with E-state index in [1.807, 2.05) is 24.3 Å². The molecule has 1 aliphatic rings. The highest BCUT2D eigenvalue weighted by molar-refractivity contribution is 5.89. The molecular weight excluding hydrogens is 378 g/mol. The highest BCUT2D eigenvalue weighted by Gasteiger charge is 2.58. The molecule has 1 atom stereocenters. The predicted octanol–water partition coefficient (Wildman–Crippen LogP) is 3.02. The van der Waals surface area contributed by atoms with E-state index < -0.39 is 16.5 Å². The zero-order chi connectivity index (χ0) is 21.2.